The minimum absolute atomic E-state index is 0.0897. The number of amides is 2. The topological polar surface area (TPSA) is 75.5 Å². The van der Waals surface area contributed by atoms with E-state index in [2.05, 4.69) is 15.6 Å². The highest BCUT2D eigenvalue weighted by Crippen LogP contribution is 2.18. The number of rotatable bonds is 6. The molecular formula is C17H14F2N4O2S. The molecule has 0 spiro atoms. The minimum atomic E-state index is -1.06. The number of carbonyl (C=O) groups is 2. The Morgan fingerprint density at radius 1 is 1.12 bits per heavy atom. The zero-order valence-corrected chi connectivity index (χ0v) is 14.2. The number of carbonyl (C=O) groups excluding carboxylic acids is 2. The molecule has 0 saturated heterocycles. The maximum Gasteiger partial charge on any atom is 0.243 e. The van der Waals surface area contributed by atoms with Crippen LogP contribution in [0.15, 0.2) is 53.9 Å². The number of thioether (sulfide) groups is 1. The molecule has 6 nitrogen and oxygen atoms in total. The summed E-state index contributed by atoms with van der Waals surface area (Å²) in [6.45, 7) is -0.277. The van der Waals surface area contributed by atoms with Crippen molar-refractivity contribution in [3.8, 4) is 0 Å². The number of nitrogens with zero attached hydrogens (tertiary/aromatic N) is 2. The summed E-state index contributed by atoms with van der Waals surface area (Å²) in [6, 6.07) is 8.67. The average Bonchev–Trinajstić information content (AvgIpc) is 3.04. The number of halogens is 2. The van der Waals surface area contributed by atoms with Crippen molar-refractivity contribution in [1.29, 1.82) is 0 Å². The quantitative estimate of drug-likeness (QED) is 0.648. The Balaban J connectivity index is 1.46. The highest BCUT2D eigenvalue weighted by Gasteiger charge is 2.10. The lowest BCUT2D eigenvalue weighted by Crippen LogP contribution is -2.33. The number of anilines is 1. The predicted molar refractivity (Wildman–Crippen MR) is 93.9 cm³/mol. The SMILES string of the molecule is O=C(CSc1ncc2ccccn12)NCC(=O)Nc1ccc(F)c(F)c1. The second-order valence-electron chi connectivity index (χ2n) is 5.28. The van der Waals surface area contributed by atoms with Gasteiger partial charge in [0, 0.05) is 18.0 Å². The Morgan fingerprint density at radius 2 is 1.96 bits per heavy atom. The van der Waals surface area contributed by atoms with Crippen LogP contribution in [0, 0.1) is 11.6 Å². The molecule has 0 aliphatic carbocycles. The van der Waals surface area contributed by atoms with Gasteiger partial charge in [-0.2, -0.15) is 0 Å². The van der Waals surface area contributed by atoms with Crippen molar-refractivity contribution < 1.29 is 18.4 Å². The summed E-state index contributed by atoms with van der Waals surface area (Å²) in [7, 11) is 0. The van der Waals surface area contributed by atoms with Crippen LogP contribution in [0.1, 0.15) is 0 Å². The van der Waals surface area contributed by atoms with E-state index in [9.17, 15) is 18.4 Å². The molecule has 0 saturated carbocycles. The predicted octanol–water partition coefficient (Wildman–Crippen LogP) is 2.46. The van der Waals surface area contributed by atoms with E-state index >= 15 is 0 Å². The molecule has 2 amide bonds. The van der Waals surface area contributed by atoms with Gasteiger partial charge in [0.15, 0.2) is 16.8 Å². The van der Waals surface area contributed by atoms with Gasteiger partial charge >= 0.3 is 0 Å². The van der Waals surface area contributed by atoms with Crippen LogP contribution < -0.4 is 10.6 Å². The van der Waals surface area contributed by atoms with Gasteiger partial charge in [0.2, 0.25) is 11.8 Å². The molecule has 3 rings (SSSR count). The van der Waals surface area contributed by atoms with E-state index in [1.165, 1.54) is 17.8 Å². The summed E-state index contributed by atoms with van der Waals surface area (Å²) in [5, 5.41) is 5.51. The third-order valence-electron chi connectivity index (χ3n) is 3.39. The van der Waals surface area contributed by atoms with Gasteiger partial charge in [-0.15, -0.1) is 0 Å². The maximum atomic E-state index is 13.1. The number of nitrogens with one attached hydrogen (secondary N) is 2. The molecule has 134 valence electrons. The molecule has 0 aliphatic rings. The van der Waals surface area contributed by atoms with Crippen molar-refractivity contribution in [2.24, 2.45) is 0 Å². The minimum Gasteiger partial charge on any atom is -0.346 e. The first-order valence-corrected chi connectivity index (χ1v) is 8.58. The van der Waals surface area contributed by atoms with E-state index in [0.717, 1.165) is 17.6 Å². The Morgan fingerprint density at radius 3 is 2.77 bits per heavy atom. The van der Waals surface area contributed by atoms with Crippen LogP contribution in [0.3, 0.4) is 0 Å². The van der Waals surface area contributed by atoms with Crippen molar-refractivity contribution in [3.63, 3.8) is 0 Å². The summed E-state index contributed by atoms with van der Waals surface area (Å²) in [4.78, 5) is 27.9. The number of fused-ring (bicyclic) bond motifs is 1. The van der Waals surface area contributed by atoms with Crippen LogP contribution in [0.25, 0.3) is 5.52 Å². The van der Waals surface area contributed by atoms with Crippen molar-refractivity contribution in [2.45, 2.75) is 5.16 Å². The van der Waals surface area contributed by atoms with Crippen LogP contribution in [0.2, 0.25) is 0 Å². The van der Waals surface area contributed by atoms with Gasteiger partial charge in [-0.05, 0) is 24.3 Å². The van der Waals surface area contributed by atoms with Crippen molar-refractivity contribution >= 4 is 34.8 Å². The largest absolute Gasteiger partial charge is 0.346 e. The van der Waals surface area contributed by atoms with E-state index in [0.29, 0.717) is 5.16 Å². The van der Waals surface area contributed by atoms with Crippen LogP contribution >= 0.6 is 11.8 Å². The summed E-state index contributed by atoms with van der Waals surface area (Å²) in [5.74, 6) is -2.86. The first-order chi connectivity index (χ1) is 12.5. The van der Waals surface area contributed by atoms with Crippen LogP contribution in [0.5, 0.6) is 0 Å². The third-order valence-corrected chi connectivity index (χ3v) is 4.35. The summed E-state index contributed by atoms with van der Waals surface area (Å²) >= 11 is 1.24. The number of aromatic nitrogens is 2. The lowest BCUT2D eigenvalue weighted by molar-refractivity contribution is -0.122. The monoisotopic (exact) mass is 376 g/mol. The maximum absolute atomic E-state index is 13.1. The van der Waals surface area contributed by atoms with Gasteiger partial charge in [0.1, 0.15) is 0 Å². The zero-order chi connectivity index (χ0) is 18.5. The molecule has 1 aromatic carbocycles. The molecule has 0 unspecified atom stereocenters. The molecule has 2 N–H and O–H groups in total. The van der Waals surface area contributed by atoms with Crippen LogP contribution in [-0.2, 0) is 9.59 Å². The highest BCUT2D eigenvalue weighted by atomic mass is 32.2. The first kappa shape index (κ1) is 17.9. The molecule has 0 fully saturated rings. The standard InChI is InChI=1S/C17H14F2N4O2S/c18-13-5-4-11(7-14(13)19)22-15(24)9-20-16(25)10-26-17-21-8-12-3-1-2-6-23(12)17/h1-8H,9-10H2,(H,20,25)(H,22,24). The Kier molecular flexibility index (Phi) is 5.47. The summed E-state index contributed by atoms with van der Waals surface area (Å²) < 4.78 is 27.8. The summed E-state index contributed by atoms with van der Waals surface area (Å²) in [5.41, 5.74) is 1.03. The van der Waals surface area contributed by atoms with Crippen molar-refractivity contribution in [3.05, 3.63) is 60.4 Å². The molecule has 2 heterocycles. The van der Waals surface area contributed by atoms with Crippen LogP contribution in [0.4, 0.5) is 14.5 Å². The fourth-order valence-corrected chi connectivity index (χ4v) is 2.96. The van der Waals surface area contributed by atoms with E-state index in [1.807, 2.05) is 28.8 Å². The zero-order valence-electron chi connectivity index (χ0n) is 13.4. The lowest BCUT2D eigenvalue weighted by atomic mass is 10.3. The molecule has 0 atom stereocenters. The lowest BCUT2D eigenvalue weighted by Gasteiger charge is -2.07. The second kappa shape index (κ2) is 7.96. The smallest absolute Gasteiger partial charge is 0.243 e. The van der Waals surface area contributed by atoms with E-state index in [4.69, 9.17) is 0 Å². The van der Waals surface area contributed by atoms with Crippen molar-refractivity contribution in [1.82, 2.24) is 14.7 Å². The van der Waals surface area contributed by atoms with Gasteiger partial charge in [-0.3, -0.25) is 14.0 Å². The highest BCUT2D eigenvalue weighted by molar-refractivity contribution is 7.99. The molecule has 0 radical (unpaired) electrons. The van der Waals surface area contributed by atoms with E-state index in [1.54, 1.807) is 6.20 Å². The fraction of sp³-hybridized carbons (Fsp3) is 0.118. The number of benzene rings is 1. The van der Waals surface area contributed by atoms with Crippen molar-refractivity contribution in [2.75, 3.05) is 17.6 Å². The van der Waals surface area contributed by atoms with Gasteiger partial charge < -0.3 is 10.6 Å². The number of pyridine rings is 1. The number of hydrogen-bond donors (Lipinski definition) is 2. The molecule has 0 bridgehead atoms. The van der Waals surface area contributed by atoms with Gasteiger partial charge in [-0.1, -0.05) is 17.8 Å². The van der Waals surface area contributed by atoms with Gasteiger partial charge in [0.25, 0.3) is 0 Å². The number of hydrogen-bond acceptors (Lipinski definition) is 4. The van der Waals surface area contributed by atoms with Crippen LogP contribution in [-0.4, -0.2) is 33.5 Å². The molecule has 9 heteroatoms. The molecule has 2 aromatic heterocycles. The molecule has 0 aliphatic heterocycles. The summed E-state index contributed by atoms with van der Waals surface area (Å²) in [6.07, 6.45) is 3.55. The Bertz CT molecular complexity index is 961. The first-order valence-electron chi connectivity index (χ1n) is 7.59. The Hall–Kier alpha value is -2.94. The van der Waals surface area contributed by atoms with E-state index < -0.39 is 17.5 Å². The number of imidazole rings is 1. The average molecular weight is 376 g/mol. The Labute approximate surface area is 151 Å². The van der Waals surface area contributed by atoms with Gasteiger partial charge in [-0.25, -0.2) is 13.8 Å². The molecular weight excluding hydrogens is 362 g/mol. The van der Waals surface area contributed by atoms with E-state index in [-0.39, 0.29) is 23.9 Å². The fourth-order valence-electron chi connectivity index (χ4n) is 2.17. The molecule has 26 heavy (non-hydrogen) atoms. The third kappa shape index (κ3) is 4.37. The normalized spacial score (nSPS) is 10.7. The van der Waals surface area contributed by atoms with Gasteiger partial charge in [0.05, 0.1) is 24.0 Å². The molecule has 3 aromatic rings. The second-order valence-corrected chi connectivity index (χ2v) is 6.22.